The molecule has 0 unspecified atom stereocenters. The second-order valence-corrected chi connectivity index (χ2v) is 6.35. The standard InChI is InChI=1S/C21H14N4O2/c26-18-9-7-14-10-15(13-6-8-16-17(11-13)23-21(27)22-16)19(25-20(14)24-18)12-4-2-1-3-5-12/h1-11H,(H2,22,23,27)(H,24,25,26). The van der Waals surface area contributed by atoms with Gasteiger partial charge in [-0.25, -0.2) is 9.78 Å². The highest BCUT2D eigenvalue weighted by Crippen LogP contribution is 2.33. The van der Waals surface area contributed by atoms with E-state index in [-0.39, 0.29) is 11.2 Å². The number of aromatic nitrogens is 4. The zero-order valence-corrected chi connectivity index (χ0v) is 14.1. The van der Waals surface area contributed by atoms with E-state index in [9.17, 15) is 9.59 Å². The molecule has 3 N–H and O–H groups in total. The summed E-state index contributed by atoms with van der Waals surface area (Å²) in [6.45, 7) is 0. The number of imidazole rings is 1. The van der Waals surface area contributed by atoms with Crippen LogP contribution >= 0.6 is 0 Å². The summed E-state index contributed by atoms with van der Waals surface area (Å²) in [5, 5.41) is 0.840. The first-order chi connectivity index (χ1) is 13.2. The summed E-state index contributed by atoms with van der Waals surface area (Å²) < 4.78 is 0. The number of fused-ring (bicyclic) bond motifs is 2. The summed E-state index contributed by atoms with van der Waals surface area (Å²) in [6, 6.07) is 20.8. The van der Waals surface area contributed by atoms with Gasteiger partial charge >= 0.3 is 5.69 Å². The fourth-order valence-corrected chi connectivity index (χ4v) is 3.32. The predicted molar refractivity (Wildman–Crippen MR) is 106 cm³/mol. The molecular weight excluding hydrogens is 340 g/mol. The molecule has 5 rings (SSSR count). The highest BCUT2D eigenvalue weighted by atomic mass is 16.1. The van der Waals surface area contributed by atoms with Crippen LogP contribution < -0.4 is 11.2 Å². The van der Waals surface area contributed by atoms with Gasteiger partial charge in [0.25, 0.3) is 0 Å². The fourth-order valence-electron chi connectivity index (χ4n) is 3.32. The first-order valence-corrected chi connectivity index (χ1v) is 8.49. The van der Waals surface area contributed by atoms with Crippen molar-refractivity contribution >= 4 is 22.1 Å². The molecule has 27 heavy (non-hydrogen) atoms. The van der Waals surface area contributed by atoms with Gasteiger partial charge in [-0.2, -0.15) is 0 Å². The van der Waals surface area contributed by atoms with Crippen LogP contribution in [0.15, 0.2) is 76.3 Å². The lowest BCUT2D eigenvalue weighted by Crippen LogP contribution is -2.04. The second-order valence-electron chi connectivity index (χ2n) is 6.35. The van der Waals surface area contributed by atoms with E-state index in [0.29, 0.717) is 5.65 Å². The molecule has 0 aliphatic carbocycles. The van der Waals surface area contributed by atoms with Crippen LogP contribution in [0.25, 0.3) is 44.5 Å². The van der Waals surface area contributed by atoms with E-state index in [1.165, 1.54) is 6.07 Å². The largest absolute Gasteiger partial charge is 0.323 e. The summed E-state index contributed by atoms with van der Waals surface area (Å²) >= 11 is 0. The maximum absolute atomic E-state index is 11.7. The van der Waals surface area contributed by atoms with E-state index in [1.54, 1.807) is 6.07 Å². The molecule has 0 fully saturated rings. The Bertz CT molecular complexity index is 1410. The van der Waals surface area contributed by atoms with Gasteiger partial charge in [0.2, 0.25) is 5.56 Å². The third kappa shape index (κ3) is 2.64. The lowest BCUT2D eigenvalue weighted by atomic mass is 9.98. The van der Waals surface area contributed by atoms with Crippen LogP contribution in [-0.4, -0.2) is 19.9 Å². The first kappa shape index (κ1) is 15.3. The maximum atomic E-state index is 11.7. The number of benzene rings is 2. The molecule has 0 amide bonds. The van der Waals surface area contributed by atoms with Gasteiger partial charge in [-0.05, 0) is 29.8 Å². The minimum Gasteiger partial charge on any atom is -0.307 e. The van der Waals surface area contributed by atoms with Crippen molar-refractivity contribution in [3.63, 3.8) is 0 Å². The molecule has 0 saturated carbocycles. The molecule has 3 heterocycles. The fraction of sp³-hybridized carbons (Fsp3) is 0. The number of nitrogens with zero attached hydrogens (tertiary/aromatic N) is 1. The van der Waals surface area contributed by atoms with Crippen LogP contribution in [0.1, 0.15) is 0 Å². The Morgan fingerprint density at radius 3 is 2.37 bits per heavy atom. The monoisotopic (exact) mass is 354 g/mol. The second kappa shape index (κ2) is 5.81. The zero-order chi connectivity index (χ0) is 18.4. The average Bonchev–Trinajstić information content (AvgIpc) is 3.06. The average molecular weight is 354 g/mol. The Hall–Kier alpha value is -3.93. The number of hydrogen-bond acceptors (Lipinski definition) is 3. The number of aromatic amines is 3. The van der Waals surface area contributed by atoms with Crippen molar-refractivity contribution in [1.29, 1.82) is 0 Å². The molecule has 6 nitrogen and oxygen atoms in total. The van der Waals surface area contributed by atoms with Crippen molar-refractivity contribution in [2.45, 2.75) is 0 Å². The maximum Gasteiger partial charge on any atom is 0.323 e. The van der Waals surface area contributed by atoms with Gasteiger partial charge in [0, 0.05) is 22.6 Å². The van der Waals surface area contributed by atoms with Crippen LogP contribution in [0, 0.1) is 0 Å². The summed E-state index contributed by atoms with van der Waals surface area (Å²) in [7, 11) is 0. The van der Waals surface area contributed by atoms with Gasteiger partial charge in [-0.3, -0.25) is 4.79 Å². The van der Waals surface area contributed by atoms with Crippen LogP contribution in [0.3, 0.4) is 0 Å². The van der Waals surface area contributed by atoms with Crippen molar-refractivity contribution in [2.24, 2.45) is 0 Å². The zero-order valence-electron chi connectivity index (χ0n) is 14.1. The molecule has 5 aromatic rings. The summed E-state index contributed by atoms with van der Waals surface area (Å²) in [5.74, 6) is 0. The minimum absolute atomic E-state index is 0.187. The van der Waals surface area contributed by atoms with E-state index >= 15 is 0 Å². The van der Waals surface area contributed by atoms with Gasteiger partial charge < -0.3 is 15.0 Å². The highest BCUT2D eigenvalue weighted by molar-refractivity contribution is 5.92. The molecule has 6 heteroatoms. The molecule has 0 saturated heterocycles. The van der Waals surface area contributed by atoms with Crippen LogP contribution in [-0.2, 0) is 0 Å². The molecule has 0 aliphatic rings. The lowest BCUT2D eigenvalue weighted by Gasteiger charge is -2.11. The van der Waals surface area contributed by atoms with E-state index in [2.05, 4.69) is 15.0 Å². The lowest BCUT2D eigenvalue weighted by molar-refractivity contribution is 1.21. The smallest absolute Gasteiger partial charge is 0.307 e. The quantitative estimate of drug-likeness (QED) is 0.453. The molecule has 0 radical (unpaired) electrons. The molecule has 0 aliphatic heterocycles. The molecule has 0 spiro atoms. The number of nitrogens with one attached hydrogen (secondary N) is 3. The van der Waals surface area contributed by atoms with Crippen molar-refractivity contribution in [1.82, 2.24) is 19.9 Å². The Balaban J connectivity index is 1.84. The summed E-state index contributed by atoms with van der Waals surface area (Å²) in [6.07, 6.45) is 0. The van der Waals surface area contributed by atoms with Crippen LogP contribution in [0.5, 0.6) is 0 Å². The molecular formula is C21H14N4O2. The van der Waals surface area contributed by atoms with Gasteiger partial charge in [-0.1, -0.05) is 36.4 Å². The van der Waals surface area contributed by atoms with E-state index in [1.807, 2.05) is 54.6 Å². The van der Waals surface area contributed by atoms with E-state index in [4.69, 9.17) is 4.98 Å². The first-order valence-electron chi connectivity index (χ1n) is 8.49. The molecule has 3 aromatic heterocycles. The Kier molecular flexibility index (Phi) is 3.30. The van der Waals surface area contributed by atoms with Crippen LogP contribution in [0.4, 0.5) is 0 Å². The molecule has 0 bridgehead atoms. The highest BCUT2D eigenvalue weighted by Gasteiger charge is 2.13. The normalized spacial score (nSPS) is 11.3. The van der Waals surface area contributed by atoms with Crippen molar-refractivity contribution in [3.05, 3.63) is 87.6 Å². The van der Waals surface area contributed by atoms with Gasteiger partial charge in [0.05, 0.1) is 16.7 Å². The number of hydrogen-bond donors (Lipinski definition) is 3. The minimum atomic E-state index is -0.236. The third-order valence-electron chi connectivity index (χ3n) is 4.58. The third-order valence-corrected chi connectivity index (χ3v) is 4.58. The Morgan fingerprint density at radius 2 is 1.52 bits per heavy atom. The predicted octanol–water partition coefficient (Wildman–Crippen LogP) is 3.43. The molecule has 0 atom stereocenters. The van der Waals surface area contributed by atoms with Gasteiger partial charge in [0.15, 0.2) is 0 Å². The summed E-state index contributed by atoms with van der Waals surface area (Å²) in [5.41, 5.74) is 5.17. The summed E-state index contributed by atoms with van der Waals surface area (Å²) in [4.78, 5) is 36.3. The van der Waals surface area contributed by atoms with Crippen molar-refractivity contribution in [3.8, 4) is 22.4 Å². The number of rotatable bonds is 2. The molecule has 2 aromatic carbocycles. The van der Waals surface area contributed by atoms with E-state index in [0.717, 1.165) is 38.8 Å². The van der Waals surface area contributed by atoms with Gasteiger partial charge in [0.1, 0.15) is 5.65 Å². The SMILES string of the molecule is O=c1ccc2cc(-c3ccc4[nH]c(=O)[nH]c4c3)c(-c3ccccc3)nc2[nH]1. The number of H-pyrrole nitrogens is 3. The Labute approximate surface area is 152 Å². The Morgan fingerprint density at radius 1 is 0.704 bits per heavy atom. The van der Waals surface area contributed by atoms with E-state index < -0.39 is 0 Å². The van der Waals surface area contributed by atoms with Crippen molar-refractivity contribution < 1.29 is 0 Å². The van der Waals surface area contributed by atoms with Crippen LogP contribution in [0.2, 0.25) is 0 Å². The molecule has 130 valence electrons. The number of pyridine rings is 2. The van der Waals surface area contributed by atoms with Crippen molar-refractivity contribution in [2.75, 3.05) is 0 Å². The topological polar surface area (TPSA) is 94.4 Å². The van der Waals surface area contributed by atoms with Gasteiger partial charge in [-0.15, -0.1) is 0 Å².